The highest BCUT2D eigenvalue weighted by Crippen LogP contribution is 2.25. The van der Waals surface area contributed by atoms with Crippen molar-refractivity contribution in [2.45, 2.75) is 17.5 Å². The summed E-state index contributed by atoms with van der Waals surface area (Å²) in [6, 6.07) is 9.87. The van der Waals surface area contributed by atoms with Crippen LogP contribution in [0.1, 0.15) is 21.3 Å². The number of nitrogens with zero attached hydrogens (tertiary/aromatic N) is 3. The number of thiophene rings is 1. The lowest BCUT2D eigenvalue weighted by Gasteiger charge is -2.19. The summed E-state index contributed by atoms with van der Waals surface area (Å²) >= 11 is 1.01. The minimum absolute atomic E-state index is 0.0315. The van der Waals surface area contributed by atoms with Crippen molar-refractivity contribution < 1.29 is 17.9 Å². The third-order valence-corrected chi connectivity index (χ3v) is 6.14. The molecule has 8 nitrogen and oxygen atoms in total. The third kappa shape index (κ3) is 3.98. The molecule has 136 valence electrons. The number of nitrogens with one attached hydrogen (secondary N) is 1. The van der Waals surface area contributed by atoms with Gasteiger partial charge in [-0.2, -0.15) is 15.0 Å². The molecule has 1 atom stereocenters. The monoisotopic (exact) mass is 392 g/mol. The van der Waals surface area contributed by atoms with Crippen molar-refractivity contribution in [2.75, 3.05) is 7.11 Å². The van der Waals surface area contributed by atoms with Gasteiger partial charge < -0.3 is 4.74 Å². The first-order valence-corrected chi connectivity index (χ1v) is 9.94. The number of esters is 1. The van der Waals surface area contributed by atoms with E-state index in [9.17, 15) is 13.2 Å². The molecule has 3 rings (SSSR count). The van der Waals surface area contributed by atoms with Gasteiger partial charge in [0.05, 0.1) is 32.1 Å². The van der Waals surface area contributed by atoms with E-state index < -0.39 is 22.0 Å². The van der Waals surface area contributed by atoms with Gasteiger partial charge in [-0.1, -0.05) is 30.3 Å². The summed E-state index contributed by atoms with van der Waals surface area (Å²) in [7, 11) is -2.75. The Labute approximate surface area is 154 Å². The van der Waals surface area contributed by atoms with E-state index in [4.69, 9.17) is 0 Å². The Morgan fingerprint density at radius 3 is 2.58 bits per heavy atom. The van der Waals surface area contributed by atoms with Gasteiger partial charge in [0.15, 0.2) is 0 Å². The first kappa shape index (κ1) is 18.2. The highest BCUT2D eigenvalue weighted by molar-refractivity contribution is 7.89. The predicted octanol–water partition coefficient (Wildman–Crippen LogP) is 1.85. The fraction of sp³-hybridized carbons (Fsp3) is 0.188. The predicted molar refractivity (Wildman–Crippen MR) is 95.2 cm³/mol. The van der Waals surface area contributed by atoms with Crippen molar-refractivity contribution in [3.8, 4) is 0 Å². The molecular weight excluding hydrogens is 376 g/mol. The smallest absolute Gasteiger partial charge is 0.349 e. The van der Waals surface area contributed by atoms with Crippen LogP contribution in [0.2, 0.25) is 0 Å². The van der Waals surface area contributed by atoms with Crippen molar-refractivity contribution in [1.29, 1.82) is 0 Å². The Bertz CT molecular complexity index is 969. The van der Waals surface area contributed by atoms with Gasteiger partial charge >= 0.3 is 5.97 Å². The molecule has 0 aliphatic heterocycles. The number of ether oxygens (including phenoxy) is 1. The van der Waals surface area contributed by atoms with Crippen molar-refractivity contribution in [3.05, 3.63) is 64.6 Å². The molecule has 0 radical (unpaired) electrons. The molecule has 0 amide bonds. The molecule has 3 aromatic rings. The van der Waals surface area contributed by atoms with E-state index in [-0.39, 0.29) is 16.3 Å². The van der Waals surface area contributed by atoms with Crippen molar-refractivity contribution >= 4 is 27.3 Å². The zero-order chi connectivity index (χ0) is 18.6. The van der Waals surface area contributed by atoms with Crippen LogP contribution in [0, 0.1) is 0 Å². The molecule has 2 aromatic heterocycles. The minimum Gasteiger partial charge on any atom is -0.465 e. The molecular formula is C16H16N4O4S2. The lowest BCUT2D eigenvalue weighted by molar-refractivity contribution is 0.0602. The normalized spacial score (nSPS) is 12.7. The number of hydrogen-bond donors (Lipinski definition) is 1. The summed E-state index contributed by atoms with van der Waals surface area (Å²) in [5, 5.41) is 9.60. The van der Waals surface area contributed by atoms with Gasteiger partial charge in [-0.25, -0.2) is 17.9 Å². The molecule has 0 aliphatic carbocycles. The average molecular weight is 392 g/mol. The van der Waals surface area contributed by atoms with Crippen molar-refractivity contribution in [1.82, 2.24) is 19.7 Å². The van der Waals surface area contributed by atoms with Gasteiger partial charge in [-0.15, -0.1) is 11.3 Å². The van der Waals surface area contributed by atoms with E-state index in [1.54, 1.807) is 0 Å². The third-order valence-electron chi connectivity index (χ3n) is 3.60. The van der Waals surface area contributed by atoms with E-state index in [1.807, 2.05) is 30.3 Å². The van der Waals surface area contributed by atoms with E-state index in [0.717, 1.165) is 16.9 Å². The zero-order valence-corrected chi connectivity index (χ0v) is 15.4. The Kier molecular flexibility index (Phi) is 5.45. The Morgan fingerprint density at radius 1 is 1.23 bits per heavy atom. The SMILES string of the molecule is COC(=O)c1sccc1S(=O)(=O)NC(Cn1nccn1)c1ccccc1. The number of hydrogen-bond acceptors (Lipinski definition) is 7. The van der Waals surface area contributed by atoms with Gasteiger partial charge in [-0.05, 0) is 17.0 Å². The Hall–Kier alpha value is -2.56. The summed E-state index contributed by atoms with van der Waals surface area (Å²) < 4.78 is 33.1. The summed E-state index contributed by atoms with van der Waals surface area (Å²) in [4.78, 5) is 13.1. The second-order valence-electron chi connectivity index (χ2n) is 5.27. The second kappa shape index (κ2) is 7.77. The van der Waals surface area contributed by atoms with Crippen LogP contribution in [0.25, 0.3) is 0 Å². The maximum atomic E-state index is 12.9. The largest absolute Gasteiger partial charge is 0.465 e. The van der Waals surface area contributed by atoms with Crippen molar-refractivity contribution in [2.24, 2.45) is 0 Å². The molecule has 0 bridgehead atoms. The molecule has 1 N–H and O–H groups in total. The number of sulfonamides is 1. The molecule has 0 spiro atoms. The maximum absolute atomic E-state index is 12.9. The zero-order valence-electron chi connectivity index (χ0n) is 13.8. The van der Waals surface area contributed by atoms with Crippen LogP contribution in [0.4, 0.5) is 0 Å². The Morgan fingerprint density at radius 2 is 1.92 bits per heavy atom. The quantitative estimate of drug-likeness (QED) is 0.616. The number of aromatic nitrogens is 3. The van der Waals surface area contributed by atoms with Crippen LogP contribution in [-0.4, -0.2) is 36.5 Å². The van der Waals surface area contributed by atoms with Crippen molar-refractivity contribution in [3.63, 3.8) is 0 Å². The summed E-state index contributed by atoms with van der Waals surface area (Å²) in [5.41, 5.74) is 0.753. The first-order chi connectivity index (χ1) is 12.5. The van der Waals surface area contributed by atoms with Gasteiger partial charge in [0.25, 0.3) is 0 Å². The van der Waals surface area contributed by atoms with Crippen LogP contribution in [0.5, 0.6) is 0 Å². The molecule has 10 heteroatoms. The highest BCUT2D eigenvalue weighted by Gasteiger charge is 2.28. The van der Waals surface area contributed by atoms with Gasteiger partial charge in [0.1, 0.15) is 9.77 Å². The molecule has 1 unspecified atom stereocenters. The van der Waals surface area contributed by atoms with Crippen LogP contribution < -0.4 is 4.72 Å². The van der Waals surface area contributed by atoms with Crippen LogP contribution in [-0.2, 0) is 21.3 Å². The number of carbonyl (C=O) groups is 1. The molecule has 2 heterocycles. The minimum atomic E-state index is -3.96. The molecule has 1 aromatic carbocycles. The number of methoxy groups -OCH3 is 1. The number of carbonyl (C=O) groups excluding carboxylic acids is 1. The molecule has 26 heavy (non-hydrogen) atoms. The number of benzene rings is 1. The van der Waals surface area contributed by atoms with Crippen LogP contribution in [0.3, 0.4) is 0 Å². The Balaban J connectivity index is 1.93. The summed E-state index contributed by atoms with van der Waals surface area (Å²) in [6.07, 6.45) is 3.04. The first-order valence-electron chi connectivity index (χ1n) is 7.58. The molecule has 0 fully saturated rings. The van der Waals surface area contributed by atoms with Gasteiger partial charge in [0.2, 0.25) is 10.0 Å². The standard InChI is InChI=1S/C16H16N4O4S2/c1-24-16(21)15-14(7-10-25-15)26(22,23)19-13(11-20-17-8-9-18-20)12-5-3-2-4-6-12/h2-10,13,19H,11H2,1H3. The van der Waals surface area contributed by atoms with E-state index in [0.29, 0.717) is 0 Å². The van der Waals surface area contributed by atoms with E-state index in [2.05, 4.69) is 19.7 Å². The fourth-order valence-electron chi connectivity index (χ4n) is 2.40. The topological polar surface area (TPSA) is 103 Å². The summed E-state index contributed by atoms with van der Waals surface area (Å²) in [6.45, 7) is 0.202. The second-order valence-corrected chi connectivity index (χ2v) is 7.87. The van der Waals surface area contributed by atoms with E-state index >= 15 is 0 Å². The van der Waals surface area contributed by atoms with Crippen LogP contribution >= 0.6 is 11.3 Å². The maximum Gasteiger partial charge on any atom is 0.349 e. The average Bonchev–Trinajstić information content (AvgIpc) is 3.33. The lowest BCUT2D eigenvalue weighted by Crippen LogP contribution is -2.32. The fourth-order valence-corrected chi connectivity index (χ4v) is 4.95. The van der Waals surface area contributed by atoms with Gasteiger partial charge in [-0.3, -0.25) is 0 Å². The summed E-state index contributed by atoms with van der Waals surface area (Å²) in [5.74, 6) is -0.689. The van der Waals surface area contributed by atoms with Gasteiger partial charge in [0, 0.05) is 0 Å². The molecule has 0 aliphatic rings. The lowest BCUT2D eigenvalue weighted by atomic mass is 10.1. The van der Waals surface area contributed by atoms with E-state index in [1.165, 1.54) is 35.7 Å². The highest BCUT2D eigenvalue weighted by atomic mass is 32.2. The number of rotatable bonds is 7. The molecule has 0 saturated carbocycles. The van der Waals surface area contributed by atoms with Crippen LogP contribution in [0.15, 0.2) is 59.1 Å². The molecule has 0 saturated heterocycles.